The minimum Gasteiger partial charge on any atom is -0.373 e. The van der Waals surface area contributed by atoms with Crippen molar-refractivity contribution in [2.24, 2.45) is 5.73 Å². The van der Waals surface area contributed by atoms with Crippen LogP contribution in [0.4, 0.5) is 5.69 Å². The molecule has 0 amide bonds. The summed E-state index contributed by atoms with van der Waals surface area (Å²) < 4.78 is 1.09. The molecule has 0 aliphatic carbocycles. The van der Waals surface area contributed by atoms with Gasteiger partial charge in [-0.3, -0.25) is 0 Å². The molecule has 3 nitrogen and oxygen atoms in total. The van der Waals surface area contributed by atoms with Crippen LogP contribution in [0.1, 0.15) is 5.56 Å². The summed E-state index contributed by atoms with van der Waals surface area (Å²) in [6, 6.07) is 6.32. The summed E-state index contributed by atoms with van der Waals surface area (Å²) in [5.74, 6) is 0. The number of halogens is 1. The maximum Gasteiger partial charge on any atom is 0.0378 e. The molecular formula is C12H20BrN3. The zero-order valence-corrected chi connectivity index (χ0v) is 11.8. The first-order valence-corrected chi connectivity index (χ1v) is 6.17. The van der Waals surface area contributed by atoms with Gasteiger partial charge in [-0.05, 0) is 37.9 Å². The summed E-state index contributed by atoms with van der Waals surface area (Å²) in [5, 5.41) is 0. The molecule has 0 fully saturated rings. The van der Waals surface area contributed by atoms with E-state index >= 15 is 0 Å². The van der Waals surface area contributed by atoms with Crippen LogP contribution in [0.15, 0.2) is 22.7 Å². The normalized spacial score (nSPS) is 10.9. The number of nitrogens with two attached hydrogens (primary N) is 1. The third-order valence-electron chi connectivity index (χ3n) is 2.50. The van der Waals surface area contributed by atoms with Crippen molar-refractivity contribution in [2.45, 2.75) is 6.54 Å². The molecule has 0 saturated carbocycles. The van der Waals surface area contributed by atoms with Gasteiger partial charge >= 0.3 is 0 Å². The highest BCUT2D eigenvalue weighted by molar-refractivity contribution is 9.10. The predicted octanol–water partition coefficient (Wildman–Crippen LogP) is 1.91. The maximum absolute atomic E-state index is 5.66. The molecule has 1 aromatic rings. The predicted molar refractivity (Wildman–Crippen MR) is 73.9 cm³/mol. The van der Waals surface area contributed by atoms with Gasteiger partial charge in [0, 0.05) is 36.8 Å². The largest absolute Gasteiger partial charge is 0.373 e. The second-order valence-corrected chi connectivity index (χ2v) is 5.16. The van der Waals surface area contributed by atoms with E-state index in [9.17, 15) is 0 Å². The zero-order valence-electron chi connectivity index (χ0n) is 10.2. The molecule has 0 atom stereocenters. The Balaban J connectivity index is 2.74. The molecule has 0 radical (unpaired) electrons. The Hall–Kier alpha value is -0.580. The van der Waals surface area contributed by atoms with E-state index in [0.717, 1.165) is 23.1 Å². The number of hydrogen-bond acceptors (Lipinski definition) is 3. The minimum atomic E-state index is 0.577. The van der Waals surface area contributed by atoms with Crippen LogP contribution in [0.2, 0.25) is 0 Å². The highest BCUT2D eigenvalue weighted by atomic mass is 79.9. The number of anilines is 1. The Morgan fingerprint density at radius 2 is 1.81 bits per heavy atom. The fourth-order valence-corrected chi connectivity index (χ4v) is 1.98. The molecule has 0 heterocycles. The Kier molecular flexibility index (Phi) is 5.25. The van der Waals surface area contributed by atoms with Crippen molar-refractivity contribution in [3.05, 3.63) is 28.2 Å². The molecule has 0 unspecified atom stereocenters. The van der Waals surface area contributed by atoms with E-state index in [-0.39, 0.29) is 0 Å². The SMILES string of the molecule is CN(C)CCN(C)c1cc(Br)cc(CN)c1. The van der Waals surface area contributed by atoms with E-state index in [1.807, 2.05) is 0 Å². The summed E-state index contributed by atoms with van der Waals surface area (Å²) in [7, 11) is 6.27. The molecule has 0 aliphatic rings. The number of likely N-dealkylation sites (N-methyl/N-ethyl adjacent to an activating group) is 2. The highest BCUT2D eigenvalue weighted by Crippen LogP contribution is 2.21. The van der Waals surface area contributed by atoms with Crippen molar-refractivity contribution in [3.8, 4) is 0 Å². The number of rotatable bonds is 5. The quantitative estimate of drug-likeness (QED) is 0.897. The molecule has 16 heavy (non-hydrogen) atoms. The van der Waals surface area contributed by atoms with Gasteiger partial charge in [0.25, 0.3) is 0 Å². The van der Waals surface area contributed by atoms with Gasteiger partial charge in [-0.1, -0.05) is 15.9 Å². The summed E-state index contributed by atoms with van der Waals surface area (Å²) >= 11 is 3.51. The van der Waals surface area contributed by atoms with Crippen LogP contribution in [-0.2, 0) is 6.54 Å². The summed E-state index contributed by atoms with van der Waals surface area (Å²) in [6.07, 6.45) is 0. The van der Waals surface area contributed by atoms with Crippen molar-refractivity contribution < 1.29 is 0 Å². The van der Waals surface area contributed by atoms with Crippen LogP contribution in [0.5, 0.6) is 0 Å². The first-order valence-electron chi connectivity index (χ1n) is 5.38. The Labute approximate surface area is 106 Å². The first-order chi connectivity index (χ1) is 7.52. The third kappa shape index (κ3) is 4.12. The highest BCUT2D eigenvalue weighted by Gasteiger charge is 2.04. The minimum absolute atomic E-state index is 0.577. The van der Waals surface area contributed by atoms with E-state index in [0.29, 0.717) is 6.54 Å². The van der Waals surface area contributed by atoms with E-state index in [1.165, 1.54) is 5.69 Å². The Morgan fingerprint density at radius 3 is 2.38 bits per heavy atom. The third-order valence-corrected chi connectivity index (χ3v) is 2.96. The van der Waals surface area contributed by atoms with Crippen LogP contribution < -0.4 is 10.6 Å². The van der Waals surface area contributed by atoms with Gasteiger partial charge in [0.05, 0.1) is 0 Å². The van der Waals surface area contributed by atoms with Crippen LogP contribution in [0, 0.1) is 0 Å². The van der Waals surface area contributed by atoms with E-state index in [4.69, 9.17) is 5.73 Å². The number of nitrogens with zero attached hydrogens (tertiary/aromatic N) is 2. The molecule has 1 rings (SSSR count). The van der Waals surface area contributed by atoms with Gasteiger partial charge in [0.1, 0.15) is 0 Å². The molecule has 1 aromatic carbocycles. The lowest BCUT2D eigenvalue weighted by molar-refractivity contribution is 0.416. The van der Waals surface area contributed by atoms with Crippen molar-refractivity contribution in [3.63, 3.8) is 0 Å². The lowest BCUT2D eigenvalue weighted by Crippen LogP contribution is -2.28. The summed E-state index contributed by atoms with van der Waals surface area (Å²) in [4.78, 5) is 4.42. The average Bonchev–Trinajstić information content (AvgIpc) is 2.24. The van der Waals surface area contributed by atoms with Gasteiger partial charge < -0.3 is 15.5 Å². The first kappa shape index (κ1) is 13.5. The second kappa shape index (κ2) is 6.23. The molecule has 0 bridgehead atoms. The van der Waals surface area contributed by atoms with Gasteiger partial charge in [0.15, 0.2) is 0 Å². The molecule has 90 valence electrons. The lowest BCUT2D eigenvalue weighted by Gasteiger charge is -2.22. The van der Waals surface area contributed by atoms with Gasteiger partial charge in [-0.2, -0.15) is 0 Å². The van der Waals surface area contributed by atoms with Crippen LogP contribution in [-0.4, -0.2) is 39.1 Å². The topological polar surface area (TPSA) is 32.5 Å². The Bertz CT molecular complexity index is 339. The lowest BCUT2D eigenvalue weighted by atomic mass is 10.2. The van der Waals surface area contributed by atoms with E-state index in [1.54, 1.807) is 0 Å². The molecule has 0 saturated heterocycles. The zero-order chi connectivity index (χ0) is 12.1. The standard InChI is InChI=1S/C12H20BrN3/c1-15(2)4-5-16(3)12-7-10(9-14)6-11(13)8-12/h6-8H,4-5,9,14H2,1-3H3. The number of hydrogen-bond donors (Lipinski definition) is 1. The molecular weight excluding hydrogens is 266 g/mol. The maximum atomic E-state index is 5.66. The molecule has 0 spiro atoms. The smallest absolute Gasteiger partial charge is 0.0378 e. The van der Waals surface area contributed by atoms with Gasteiger partial charge in [-0.15, -0.1) is 0 Å². The molecule has 2 N–H and O–H groups in total. The van der Waals surface area contributed by atoms with Crippen LogP contribution >= 0.6 is 15.9 Å². The fourth-order valence-electron chi connectivity index (χ4n) is 1.45. The van der Waals surface area contributed by atoms with E-state index in [2.05, 4.69) is 65.1 Å². The second-order valence-electron chi connectivity index (χ2n) is 4.25. The van der Waals surface area contributed by atoms with Gasteiger partial charge in [-0.25, -0.2) is 0 Å². The molecule has 0 aromatic heterocycles. The molecule has 0 aliphatic heterocycles. The van der Waals surface area contributed by atoms with Crippen molar-refractivity contribution in [1.29, 1.82) is 0 Å². The van der Waals surface area contributed by atoms with Crippen LogP contribution in [0.3, 0.4) is 0 Å². The van der Waals surface area contributed by atoms with Crippen molar-refractivity contribution >= 4 is 21.6 Å². The summed E-state index contributed by atoms with van der Waals surface area (Å²) in [6.45, 7) is 2.63. The van der Waals surface area contributed by atoms with Crippen LogP contribution in [0.25, 0.3) is 0 Å². The van der Waals surface area contributed by atoms with Crippen molar-refractivity contribution in [1.82, 2.24) is 4.90 Å². The monoisotopic (exact) mass is 285 g/mol. The molecule has 4 heteroatoms. The van der Waals surface area contributed by atoms with E-state index < -0.39 is 0 Å². The Morgan fingerprint density at radius 1 is 1.12 bits per heavy atom. The average molecular weight is 286 g/mol. The van der Waals surface area contributed by atoms with Gasteiger partial charge in [0.2, 0.25) is 0 Å². The van der Waals surface area contributed by atoms with Crippen molar-refractivity contribution in [2.75, 3.05) is 39.1 Å². The fraction of sp³-hybridized carbons (Fsp3) is 0.500. The number of benzene rings is 1. The summed E-state index contributed by atoms with van der Waals surface area (Å²) in [5.41, 5.74) is 8.02.